The van der Waals surface area contributed by atoms with Gasteiger partial charge in [-0.25, -0.2) is 0 Å². The quantitative estimate of drug-likeness (QED) is 0.446. The molecule has 0 spiro atoms. The number of aliphatic hydroxyl groups is 1. The minimum Gasteiger partial charge on any atom is -0.396 e. The van der Waals surface area contributed by atoms with Crippen LogP contribution in [-0.4, -0.2) is 22.7 Å². The van der Waals surface area contributed by atoms with Gasteiger partial charge in [0.05, 0.1) is 0 Å². The Labute approximate surface area is 152 Å². The van der Waals surface area contributed by atoms with E-state index in [0.29, 0.717) is 5.56 Å². The molecule has 1 heterocycles. The predicted octanol–water partition coefficient (Wildman–Crippen LogP) is 2.31. The number of aliphatic hydroxyl groups excluding tert-OH is 1. The van der Waals surface area contributed by atoms with E-state index in [4.69, 9.17) is 18.0 Å². The molecule has 0 radical (unpaired) electrons. The van der Waals surface area contributed by atoms with Crippen molar-refractivity contribution < 1.29 is 9.90 Å². The van der Waals surface area contributed by atoms with E-state index in [1.807, 2.05) is 17.5 Å². The van der Waals surface area contributed by atoms with Crippen molar-refractivity contribution in [2.24, 2.45) is 5.73 Å². The van der Waals surface area contributed by atoms with Crippen LogP contribution in [0.5, 0.6) is 0 Å². The molecule has 5 nitrogen and oxygen atoms in total. The maximum atomic E-state index is 12.1. The summed E-state index contributed by atoms with van der Waals surface area (Å²) in [4.78, 5) is 12.9. The number of carbonyl (C=O) groups excluding carboxylic acids is 1. The van der Waals surface area contributed by atoms with Crippen molar-refractivity contribution in [1.82, 2.24) is 10.6 Å². The number of rotatable bonds is 5. The van der Waals surface area contributed by atoms with E-state index in [1.54, 1.807) is 24.3 Å². The molecule has 0 saturated heterocycles. The summed E-state index contributed by atoms with van der Waals surface area (Å²) in [5.41, 5.74) is 5.79. The second-order valence-corrected chi connectivity index (χ2v) is 7.08. The number of halogens is 1. The van der Waals surface area contributed by atoms with Gasteiger partial charge in [0, 0.05) is 33.3 Å². The number of carbonyl (C=O) groups is 1. The van der Waals surface area contributed by atoms with Gasteiger partial charge < -0.3 is 16.2 Å². The SMILES string of the molecule is N[C@@](CCO)(NC(=S)NC(=O)c1ccccc1)c1cc(Br)cs1. The van der Waals surface area contributed by atoms with Crippen LogP contribution in [0, 0.1) is 0 Å². The fourth-order valence-corrected chi connectivity index (χ4v) is 3.77. The normalized spacial score (nSPS) is 13.2. The number of hydrogen-bond donors (Lipinski definition) is 4. The van der Waals surface area contributed by atoms with Crippen LogP contribution in [0.2, 0.25) is 0 Å². The number of nitrogens with two attached hydrogens (primary N) is 1. The molecule has 0 fully saturated rings. The van der Waals surface area contributed by atoms with Crippen molar-refractivity contribution in [3.63, 3.8) is 0 Å². The lowest BCUT2D eigenvalue weighted by molar-refractivity contribution is 0.0975. The molecular weight excluding hydrogens is 398 g/mol. The molecule has 0 saturated carbocycles. The predicted molar refractivity (Wildman–Crippen MR) is 99.2 cm³/mol. The third kappa shape index (κ3) is 4.82. The number of amides is 1. The molecule has 0 aliphatic rings. The zero-order valence-electron chi connectivity index (χ0n) is 12.1. The summed E-state index contributed by atoms with van der Waals surface area (Å²) in [6, 6.07) is 10.6. The zero-order valence-corrected chi connectivity index (χ0v) is 15.3. The Morgan fingerprint density at radius 2 is 2.09 bits per heavy atom. The lowest BCUT2D eigenvalue weighted by atomic mass is 10.1. The number of nitrogens with one attached hydrogen (secondary N) is 2. The first-order valence-electron chi connectivity index (χ1n) is 6.77. The van der Waals surface area contributed by atoms with Gasteiger partial charge >= 0.3 is 0 Å². The number of thiophene rings is 1. The highest BCUT2D eigenvalue weighted by atomic mass is 79.9. The summed E-state index contributed by atoms with van der Waals surface area (Å²) in [5, 5.41) is 16.8. The van der Waals surface area contributed by atoms with Gasteiger partial charge in [0.2, 0.25) is 0 Å². The highest BCUT2D eigenvalue weighted by Crippen LogP contribution is 2.29. The third-order valence-electron chi connectivity index (χ3n) is 3.11. The first-order valence-corrected chi connectivity index (χ1v) is 8.85. The molecule has 1 atom stereocenters. The molecule has 23 heavy (non-hydrogen) atoms. The summed E-state index contributed by atoms with van der Waals surface area (Å²) in [7, 11) is 0. The Hall–Kier alpha value is -1.32. The molecule has 5 N–H and O–H groups in total. The Balaban J connectivity index is 2.08. The van der Waals surface area contributed by atoms with Crippen molar-refractivity contribution in [2.75, 3.05) is 6.61 Å². The maximum Gasteiger partial charge on any atom is 0.257 e. The van der Waals surface area contributed by atoms with E-state index >= 15 is 0 Å². The van der Waals surface area contributed by atoms with Crippen LogP contribution in [-0.2, 0) is 5.66 Å². The number of thiocarbonyl (C=S) groups is 1. The van der Waals surface area contributed by atoms with Gasteiger partial charge in [0.25, 0.3) is 5.91 Å². The molecule has 1 amide bonds. The van der Waals surface area contributed by atoms with Crippen LogP contribution in [0.1, 0.15) is 21.7 Å². The molecular formula is C15H16BrN3O2S2. The summed E-state index contributed by atoms with van der Waals surface area (Å²) in [5.74, 6) is -0.318. The molecule has 0 bridgehead atoms. The second kappa shape index (κ2) is 7.98. The smallest absolute Gasteiger partial charge is 0.257 e. The van der Waals surface area contributed by atoms with Crippen molar-refractivity contribution in [1.29, 1.82) is 0 Å². The van der Waals surface area contributed by atoms with E-state index in [0.717, 1.165) is 9.35 Å². The Morgan fingerprint density at radius 1 is 1.39 bits per heavy atom. The molecule has 2 aromatic rings. The Kier molecular flexibility index (Phi) is 6.25. The highest BCUT2D eigenvalue weighted by Gasteiger charge is 2.29. The van der Waals surface area contributed by atoms with Crippen LogP contribution < -0.4 is 16.4 Å². The summed E-state index contributed by atoms with van der Waals surface area (Å²) in [6.45, 7) is -0.117. The standard InChI is InChI=1S/C15H16BrN3O2S2/c16-11-8-12(23-9-11)15(17,6-7-20)19-14(22)18-13(21)10-4-2-1-3-5-10/h1-5,8-9,20H,6-7,17H2,(H2,18,19,21,22)/t15-/m0/s1. The molecule has 0 aliphatic heterocycles. The Bertz CT molecular complexity index is 693. The van der Waals surface area contributed by atoms with Crippen molar-refractivity contribution in [2.45, 2.75) is 12.1 Å². The van der Waals surface area contributed by atoms with Crippen molar-refractivity contribution >= 4 is 50.5 Å². The summed E-state index contributed by atoms with van der Waals surface area (Å²) < 4.78 is 0.895. The van der Waals surface area contributed by atoms with E-state index in [1.165, 1.54) is 11.3 Å². The van der Waals surface area contributed by atoms with Gasteiger partial charge in [-0.3, -0.25) is 10.1 Å². The first kappa shape index (κ1) is 18.0. The fraction of sp³-hybridized carbons (Fsp3) is 0.200. The van der Waals surface area contributed by atoms with Crippen LogP contribution in [0.15, 0.2) is 46.3 Å². The highest BCUT2D eigenvalue weighted by molar-refractivity contribution is 9.10. The minimum absolute atomic E-state index is 0.110. The lowest BCUT2D eigenvalue weighted by Crippen LogP contribution is -2.56. The van der Waals surface area contributed by atoms with Gasteiger partial charge in [0.15, 0.2) is 5.11 Å². The van der Waals surface area contributed by atoms with Crippen LogP contribution >= 0.6 is 39.5 Å². The second-order valence-electron chi connectivity index (χ2n) is 4.85. The molecule has 8 heteroatoms. The molecule has 1 aromatic carbocycles. The monoisotopic (exact) mass is 413 g/mol. The molecule has 2 rings (SSSR count). The van der Waals surface area contributed by atoms with E-state index in [-0.39, 0.29) is 24.0 Å². The van der Waals surface area contributed by atoms with E-state index < -0.39 is 5.66 Å². The third-order valence-corrected chi connectivity index (χ3v) is 5.19. The van der Waals surface area contributed by atoms with Crippen LogP contribution in [0.3, 0.4) is 0 Å². The van der Waals surface area contributed by atoms with Gasteiger partial charge in [0.1, 0.15) is 5.66 Å². The van der Waals surface area contributed by atoms with Crippen LogP contribution in [0.4, 0.5) is 0 Å². The van der Waals surface area contributed by atoms with Gasteiger partial charge in [-0.1, -0.05) is 18.2 Å². The molecule has 0 aliphatic carbocycles. The lowest BCUT2D eigenvalue weighted by Gasteiger charge is -2.30. The number of benzene rings is 1. The topological polar surface area (TPSA) is 87.4 Å². The van der Waals surface area contributed by atoms with E-state index in [9.17, 15) is 9.90 Å². The van der Waals surface area contributed by atoms with Gasteiger partial charge in [-0.15, -0.1) is 11.3 Å². The van der Waals surface area contributed by atoms with Gasteiger partial charge in [-0.2, -0.15) is 0 Å². The molecule has 1 aromatic heterocycles. The Morgan fingerprint density at radius 3 is 2.65 bits per heavy atom. The van der Waals surface area contributed by atoms with Crippen LogP contribution in [0.25, 0.3) is 0 Å². The molecule has 0 unspecified atom stereocenters. The summed E-state index contributed by atoms with van der Waals surface area (Å²) >= 11 is 10.00. The average Bonchev–Trinajstić information content (AvgIpc) is 2.95. The maximum absolute atomic E-state index is 12.1. The first-order chi connectivity index (χ1) is 10.9. The van der Waals surface area contributed by atoms with E-state index in [2.05, 4.69) is 26.6 Å². The van der Waals surface area contributed by atoms with Crippen molar-refractivity contribution in [3.05, 3.63) is 56.7 Å². The average molecular weight is 414 g/mol. The fourth-order valence-electron chi connectivity index (χ4n) is 1.97. The summed E-state index contributed by atoms with van der Waals surface area (Å²) in [6.07, 6.45) is 0.251. The largest absolute Gasteiger partial charge is 0.396 e. The van der Waals surface area contributed by atoms with Crippen molar-refractivity contribution in [3.8, 4) is 0 Å². The van der Waals surface area contributed by atoms with Gasteiger partial charge in [-0.05, 0) is 46.3 Å². The zero-order chi connectivity index (χ0) is 16.9. The number of hydrogen-bond acceptors (Lipinski definition) is 5. The minimum atomic E-state index is -1.05. The molecule has 122 valence electrons.